The summed E-state index contributed by atoms with van der Waals surface area (Å²) in [6, 6.07) is 6.49. The van der Waals surface area contributed by atoms with Crippen molar-refractivity contribution in [2.24, 2.45) is 17.8 Å². The molecule has 1 aromatic carbocycles. The van der Waals surface area contributed by atoms with Crippen molar-refractivity contribution in [3.63, 3.8) is 0 Å². The van der Waals surface area contributed by atoms with E-state index in [0.717, 1.165) is 19.3 Å². The van der Waals surface area contributed by atoms with Gasteiger partial charge in [-0.25, -0.2) is 4.79 Å². The van der Waals surface area contributed by atoms with E-state index in [9.17, 15) is 14.4 Å². The molecule has 3 atom stereocenters. The first-order valence-electron chi connectivity index (χ1n) is 10.1. The molecule has 1 aliphatic rings. The standard InChI is InChI=1S/C22H31NO6/c1-14(2)18-10-5-15(3)11-19(18)29-21(25)13-28-20(24)12-23-22(26)16-6-8-17(27-4)9-7-16/h6-9,14-15,18-19H,5,10-13H2,1-4H3,(H,23,26). The third-order valence-electron chi connectivity index (χ3n) is 5.34. The van der Waals surface area contributed by atoms with Gasteiger partial charge in [-0.2, -0.15) is 0 Å². The molecule has 7 heteroatoms. The van der Waals surface area contributed by atoms with Crippen LogP contribution in [0.1, 0.15) is 50.4 Å². The molecule has 0 aromatic heterocycles. The molecule has 0 aliphatic heterocycles. The second-order valence-corrected chi connectivity index (χ2v) is 7.93. The van der Waals surface area contributed by atoms with E-state index >= 15 is 0 Å². The number of esters is 2. The van der Waals surface area contributed by atoms with Crippen LogP contribution in [0.25, 0.3) is 0 Å². The number of carbonyl (C=O) groups excluding carboxylic acids is 3. The molecule has 1 N–H and O–H groups in total. The van der Waals surface area contributed by atoms with Gasteiger partial charge in [-0.3, -0.25) is 9.59 Å². The van der Waals surface area contributed by atoms with Crippen molar-refractivity contribution in [3.05, 3.63) is 29.8 Å². The van der Waals surface area contributed by atoms with Crippen LogP contribution in [-0.4, -0.2) is 44.2 Å². The molecule has 3 unspecified atom stereocenters. The first kappa shape index (κ1) is 22.7. The van der Waals surface area contributed by atoms with Gasteiger partial charge < -0.3 is 19.5 Å². The van der Waals surface area contributed by atoms with Gasteiger partial charge in [0.1, 0.15) is 18.4 Å². The molecule has 1 aromatic rings. The van der Waals surface area contributed by atoms with Crippen LogP contribution >= 0.6 is 0 Å². The minimum atomic E-state index is -0.693. The fraction of sp³-hybridized carbons (Fsp3) is 0.591. The van der Waals surface area contributed by atoms with Crippen molar-refractivity contribution in [2.75, 3.05) is 20.3 Å². The fourth-order valence-electron chi connectivity index (χ4n) is 3.64. The van der Waals surface area contributed by atoms with Crippen molar-refractivity contribution in [1.29, 1.82) is 0 Å². The molecule has 2 rings (SSSR count). The number of hydrogen-bond donors (Lipinski definition) is 1. The topological polar surface area (TPSA) is 90.9 Å². The van der Waals surface area contributed by atoms with Crippen LogP contribution in [-0.2, 0) is 19.1 Å². The zero-order valence-electron chi connectivity index (χ0n) is 17.6. The summed E-state index contributed by atoms with van der Waals surface area (Å²) in [4.78, 5) is 36.0. The maximum atomic E-state index is 12.1. The Morgan fingerprint density at radius 3 is 2.41 bits per heavy atom. The van der Waals surface area contributed by atoms with Crippen LogP contribution in [0, 0.1) is 17.8 Å². The van der Waals surface area contributed by atoms with E-state index < -0.39 is 24.5 Å². The monoisotopic (exact) mass is 405 g/mol. The van der Waals surface area contributed by atoms with E-state index in [1.165, 1.54) is 7.11 Å². The molecule has 1 aliphatic carbocycles. The number of carbonyl (C=O) groups is 3. The summed E-state index contributed by atoms with van der Waals surface area (Å²) in [7, 11) is 1.54. The zero-order valence-corrected chi connectivity index (χ0v) is 17.6. The van der Waals surface area contributed by atoms with Gasteiger partial charge in [0.25, 0.3) is 5.91 Å². The highest BCUT2D eigenvalue weighted by Crippen LogP contribution is 2.35. The van der Waals surface area contributed by atoms with E-state index in [2.05, 4.69) is 26.1 Å². The number of hydrogen-bond acceptors (Lipinski definition) is 6. The van der Waals surface area contributed by atoms with Crippen LogP contribution in [0.4, 0.5) is 0 Å². The van der Waals surface area contributed by atoms with Gasteiger partial charge in [0, 0.05) is 5.56 Å². The Hall–Kier alpha value is -2.57. The molecule has 29 heavy (non-hydrogen) atoms. The van der Waals surface area contributed by atoms with Gasteiger partial charge in [-0.15, -0.1) is 0 Å². The number of rotatable bonds is 8. The molecule has 1 amide bonds. The Morgan fingerprint density at radius 2 is 1.79 bits per heavy atom. The van der Waals surface area contributed by atoms with E-state index in [1.54, 1.807) is 24.3 Å². The normalized spacial score (nSPS) is 21.3. The number of ether oxygens (including phenoxy) is 3. The smallest absolute Gasteiger partial charge is 0.344 e. The van der Waals surface area contributed by atoms with E-state index in [1.807, 2.05) is 0 Å². The number of nitrogens with one attached hydrogen (secondary N) is 1. The number of amides is 1. The highest BCUT2D eigenvalue weighted by Gasteiger charge is 2.33. The summed E-state index contributed by atoms with van der Waals surface area (Å²) in [6.45, 7) is 5.64. The summed E-state index contributed by atoms with van der Waals surface area (Å²) in [5.41, 5.74) is 0.393. The molecular formula is C22H31NO6. The number of benzene rings is 1. The lowest BCUT2D eigenvalue weighted by molar-refractivity contribution is -0.166. The Balaban J connectivity index is 1.73. The summed E-state index contributed by atoms with van der Waals surface area (Å²) < 4.78 is 15.6. The zero-order chi connectivity index (χ0) is 21.4. The minimum Gasteiger partial charge on any atom is -0.497 e. The predicted octanol–water partition coefficient (Wildman–Crippen LogP) is 2.97. The maximum Gasteiger partial charge on any atom is 0.344 e. The van der Waals surface area contributed by atoms with E-state index in [-0.39, 0.29) is 12.6 Å². The van der Waals surface area contributed by atoms with Crippen molar-refractivity contribution < 1.29 is 28.6 Å². The van der Waals surface area contributed by atoms with Crippen LogP contribution < -0.4 is 10.1 Å². The van der Waals surface area contributed by atoms with Gasteiger partial charge in [0.05, 0.1) is 7.11 Å². The van der Waals surface area contributed by atoms with Crippen LogP contribution in [0.15, 0.2) is 24.3 Å². The summed E-state index contributed by atoms with van der Waals surface area (Å²) in [6.07, 6.45) is 2.87. The predicted molar refractivity (Wildman–Crippen MR) is 108 cm³/mol. The van der Waals surface area contributed by atoms with Crippen molar-refractivity contribution in [1.82, 2.24) is 5.32 Å². The first-order chi connectivity index (χ1) is 13.8. The largest absolute Gasteiger partial charge is 0.497 e. The molecule has 0 bridgehead atoms. The average Bonchev–Trinajstić information content (AvgIpc) is 2.70. The van der Waals surface area contributed by atoms with Gasteiger partial charge in [-0.05, 0) is 54.9 Å². The highest BCUT2D eigenvalue weighted by atomic mass is 16.6. The molecular weight excluding hydrogens is 374 g/mol. The van der Waals surface area contributed by atoms with E-state index in [0.29, 0.717) is 29.1 Å². The van der Waals surface area contributed by atoms with E-state index in [4.69, 9.17) is 14.2 Å². The van der Waals surface area contributed by atoms with Crippen LogP contribution in [0.3, 0.4) is 0 Å². The molecule has 0 heterocycles. The summed E-state index contributed by atoms with van der Waals surface area (Å²) in [5.74, 6) is 0.240. The quantitative estimate of drug-likeness (QED) is 0.669. The molecule has 7 nitrogen and oxygen atoms in total. The molecule has 0 radical (unpaired) electrons. The fourth-order valence-corrected chi connectivity index (χ4v) is 3.64. The van der Waals surface area contributed by atoms with Crippen LogP contribution in [0.5, 0.6) is 5.75 Å². The molecule has 160 valence electrons. The molecule has 0 saturated heterocycles. The first-order valence-corrected chi connectivity index (χ1v) is 10.1. The lowest BCUT2D eigenvalue weighted by atomic mass is 9.75. The van der Waals surface area contributed by atoms with Gasteiger partial charge in [0.2, 0.25) is 0 Å². The third kappa shape index (κ3) is 7.07. The second-order valence-electron chi connectivity index (χ2n) is 7.93. The van der Waals surface area contributed by atoms with Gasteiger partial charge in [-0.1, -0.05) is 27.2 Å². The second kappa shape index (κ2) is 10.8. The Morgan fingerprint density at radius 1 is 1.10 bits per heavy atom. The molecule has 1 fully saturated rings. The number of methoxy groups -OCH3 is 1. The minimum absolute atomic E-state index is 0.139. The SMILES string of the molecule is COc1ccc(C(=O)NCC(=O)OCC(=O)OC2CC(C)CCC2C(C)C)cc1. The third-order valence-corrected chi connectivity index (χ3v) is 5.34. The van der Waals surface area contributed by atoms with Crippen LogP contribution in [0.2, 0.25) is 0 Å². The Labute approximate surface area is 172 Å². The van der Waals surface area contributed by atoms with Crippen molar-refractivity contribution in [2.45, 2.75) is 46.1 Å². The Kier molecular flexibility index (Phi) is 8.49. The van der Waals surface area contributed by atoms with Crippen molar-refractivity contribution >= 4 is 17.8 Å². The van der Waals surface area contributed by atoms with Gasteiger partial charge in [0.15, 0.2) is 6.61 Å². The lowest BCUT2D eigenvalue weighted by Gasteiger charge is -2.36. The van der Waals surface area contributed by atoms with Crippen molar-refractivity contribution in [3.8, 4) is 5.75 Å². The van der Waals surface area contributed by atoms with Gasteiger partial charge >= 0.3 is 11.9 Å². The molecule has 0 spiro atoms. The summed E-state index contributed by atoms with van der Waals surface area (Å²) in [5, 5.41) is 2.46. The molecule has 1 saturated carbocycles. The summed E-state index contributed by atoms with van der Waals surface area (Å²) >= 11 is 0. The lowest BCUT2D eigenvalue weighted by Crippen LogP contribution is -2.37. The highest BCUT2D eigenvalue weighted by molar-refractivity contribution is 5.96. The average molecular weight is 405 g/mol. The maximum absolute atomic E-state index is 12.1. The Bertz CT molecular complexity index is 700.